The Labute approximate surface area is 128 Å². The van der Waals surface area contributed by atoms with Crippen molar-refractivity contribution in [3.8, 4) is 0 Å². The van der Waals surface area contributed by atoms with E-state index in [4.69, 9.17) is 14.6 Å². The highest BCUT2D eigenvalue weighted by molar-refractivity contribution is 5.84. The number of morpholine rings is 1. The van der Waals surface area contributed by atoms with E-state index in [2.05, 4.69) is 0 Å². The van der Waals surface area contributed by atoms with E-state index >= 15 is 0 Å². The summed E-state index contributed by atoms with van der Waals surface area (Å²) in [6.45, 7) is 2.70. The highest BCUT2D eigenvalue weighted by Crippen LogP contribution is 2.29. The summed E-state index contributed by atoms with van der Waals surface area (Å²) in [5.41, 5.74) is 1.99. The van der Waals surface area contributed by atoms with Gasteiger partial charge in [0.15, 0.2) is 12.2 Å². The average molecular weight is 305 g/mol. The second-order valence-corrected chi connectivity index (χ2v) is 5.72. The van der Waals surface area contributed by atoms with Gasteiger partial charge in [0.25, 0.3) is 5.91 Å². The molecule has 2 aliphatic rings. The van der Waals surface area contributed by atoms with Gasteiger partial charge >= 0.3 is 5.97 Å². The largest absolute Gasteiger partial charge is 0.479 e. The number of hydrogen-bond donors (Lipinski definition) is 1. The maximum atomic E-state index is 12.8. The van der Waals surface area contributed by atoms with Crippen molar-refractivity contribution < 1.29 is 24.2 Å². The zero-order valence-electron chi connectivity index (χ0n) is 12.4. The third-order valence-electron chi connectivity index (χ3n) is 4.07. The molecular weight excluding hydrogens is 286 g/mol. The Bertz CT molecular complexity index is 588. The van der Waals surface area contributed by atoms with Gasteiger partial charge in [0.2, 0.25) is 0 Å². The first-order valence-electron chi connectivity index (χ1n) is 7.42. The minimum absolute atomic E-state index is 0.0561. The fraction of sp³-hybridized carbons (Fsp3) is 0.500. The lowest BCUT2D eigenvalue weighted by molar-refractivity contribution is -0.171. The Balaban J connectivity index is 1.81. The molecule has 2 heterocycles. The van der Waals surface area contributed by atoms with Crippen molar-refractivity contribution in [3.63, 3.8) is 0 Å². The molecule has 0 bridgehead atoms. The number of rotatable bonds is 2. The van der Waals surface area contributed by atoms with Crippen LogP contribution in [0.4, 0.5) is 0 Å². The van der Waals surface area contributed by atoms with Crippen molar-refractivity contribution >= 4 is 11.9 Å². The molecule has 0 spiro atoms. The number of carbonyl (C=O) groups is 2. The van der Waals surface area contributed by atoms with E-state index in [-0.39, 0.29) is 18.6 Å². The van der Waals surface area contributed by atoms with Gasteiger partial charge in [-0.2, -0.15) is 0 Å². The molecule has 3 atom stereocenters. The van der Waals surface area contributed by atoms with Crippen LogP contribution < -0.4 is 0 Å². The molecule has 1 aromatic carbocycles. The highest BCUT2D eigenvalue weighted by Gasteiger charge is 2.37. The van der Waals surface area contributed by atoms with Crippen molar-refractivity contribution in [1.29, 1.82) is 0 Å². The number of carbonyl (C=O) groups excluding carboxylic acids is 1. The SMILES string of the molecule is C[C@@H]1CN(C(=O)C2OCCc3ccccc32)CC(C(=O)O)O1. The van der Waals surface area contributed by atoms with E-state index in [1.807, 2.05) is 24.3 Å². The van der Waals surface area contributed by atoms with Crippen molar-refractivity contribution in [3.05, 3.63) is 35.4 Å². The molecule has 1 aromatic rings. The molecule has 2 unspecified atom stereocenters. The molecule has 1 fully saturated rings. The summed E-state index contributed by atoms with van der Waals surface area (Å²) in [5, 5.41) is 9.13. The Morgan fingerprint density at radius 1 is 1.27 bits per heavy atom. The summed E-state index contributed by atoms with van der Waals surface area (Å²) in [7, 11) is 0. The quantitative estimate of drug-likeness (QED) is 0.882. The van der Waals surface area contributed by atoms with Crippen molar-refractivity contribution in [2.75, 3.05) is 19.7 Å². The zero-order valence-corrected chi connectivity index (χ0v) is 12.4. The maximum Gasteiger partial charge on any atom is 0.334 e. The molecule has 0 saturated carbocycles. The second-order valence-electron chi connectivity index (χ2n) is 5.72. The first kappa shape index (κ1) is 15.0. The third kappa shape index (κ3) is 2.84. The summed E-state index contributed by atoms with van der Waals surface area (Å²) >= 11 is 0. The number of aliphatic carboxylic acids is 1. The Morgan fingerprint density at radius 3 is 2.82 bits per heavy atom. The molecule has 22 heavy (non-hydrogen) atoms. The van der Waals surface area contributed by atoms with Crippen LogP contribution in [0.3, 0.4) is 0 Å². The lowest BCUT2D eigenvalue weighted by Gasteiger charge is -2.37. The first-order valence-corrected chi connectivity index (χ1v) is 7.42. The molecule has 1 saturated heterocycles. The first-order chi connectivity index (χ1) is 10.6. The van der Waals surface area contributed by atoms with Crippen molar-refractivity contribution in [2.24, 2.45) is 0 Å². The normalized spacial score (nSPS) is 28.0. The number of hydrogen-bond acceptors (Lipinski definition) is 4. The van der Waals surface area contributed by atoms with E-state index in [1.54, 1.807) is 11.8 Å². The fourth-order valence-corrected chi connectivity index (χ4v) is 3.03. The number of fused-ring (bicyclic) bond motifs is 1. The zero-order chi connectivity index (χ0) is 15.7. The summed E-state index contributed by atoms with van der Waals surface area (Å²) in [4.78, 5) is 25.5. The van der Waals surface area contributed by atoms with E-state index in [0.717, 1.165) is 17.5 Å². The molecule has 6 nitrogen and oxygen atoms in total. The van der Waals surface area contributed by atoms with Gasteiger partial charge in [-0.3, -0.25) is 4.79 Å². The predicted molar refractivity (Wildman–Crippen MR) is 77.4 cm³/mol. The van der Waals surface area contributed by atoms with E-state index < -0.39 is 18.2 Å². The molecule has 6 heteroatoms. The van der Waals surface area contributed by atoms with Gasteiger partial charge in [-0.05, 0) is 24.5 Å². The molecule has 0 aliphatic carbocycles. The second kappa shape index (κ2) is 6.06. The van der Waals surface area contributed by atoms with Gasteiger partial charge in [0.05, 0.1) is 19.3 Å². The third-order valence-corrected chi connectivity index (χ3v) is 4.07. The highest BCUT2D eigenvalue weighted by atomic mass is 16.5. The van der Waals surface area contributed by atoms with Gasteiger partial charge in [-0.1, -0.05) is 24.3 Å². The molecule has 1 amide bonds. The summed E-state index contributed by atoms with van der Waals surface area (Å²) in [5.74, 6) is -1.23. The molecule has 118 valence electrons. The van der Waals surface area contributed by atoms with Gasteiger partial charge in [-0.15, -0.1) is 0 Å². The summed E-state index contributed by atoms with van der Waals surface area (Å²) < 4.78 is 11.0. The van der Waals surface area contributed by atoms with E-state index in [9.17, 15) is 9.59 Å². The topological polar surface area (TPSA) is 76.1 Å². The molecular formula is C16H19NO5. The van der Waals surface area contributed by atoms with Gasteiger partial charge in [0, 0.05) is 6.54 Å². The smallest absolute Gasteiger partial charge is 0.334 e. The molecule has 1 N–H and O–H groups in total. The number of amides is 1. The van der Waals surface area contributed by atoms with Crippen LogP contribution in [0.1, 0.15) is 24.2 Å². The van der Waals surface area contributed by atoms with Crippen LogP contribution in [0.15, 0.2) is 24.3 Å². The molecule has 2 aliphatic heterocycles. The number of carboxylic acids is 1. The van der Waals surface area contributed by atoms with Crippen molar-refractivity contribution in [2.45, 2.75) is 31.7 Å². The van der Waals surface area contributed by atoms with E-state index in [0.29, 0.717) is 13.2 Å². The lowest BCUT2D eigenvalue weighted by atomic mass is 9.96. The van der Waals surface area contributed by atoms with Crippen LogP contribution in [-0.4, -0.2) is 53.8 Å². The minimum Gasteiger partial charge on any atom is -0.479 e. The summed E-state index contributed by atoms with van der Waals surface area (Å²) in [6.07, 6.45) is -1.15. The Hall–Kier alpha value is -1.92. The number of benzene rings is 1. The average Bonchev–Trinajstić information content (AvgIpc) is 2.53. The van der Waals surface area contributed by atoms with Crippen molar-refractivity contribution in [1.82, 2.24) is 4.90 Å². The van der Waals surface area contributed by atoms with Crippen LogP contribution in [-0.2, 0) is 25.5 Å². The van der Waals surface area contributed by atoms with Crippen LogP contribution in [0.2, 0.25) is 0 Å². The monoisotopic (exact) mass is 305 g/mol. The fourth-order valence-electron chi connectivity index (χ4n) is 3.03. The van der Waals surface area contributed by atoms with E-state index in [1.165, 1.54) is 0 Å². The molecule has 0 radical (unpaired) electrons. The van der Waals surface area contributed by atoms with Crippen LogP contribution in [0.5, 0.6) is 0 Å². The van der Waals surface area contributed by atoms with Crippen LogP contribution in [0, 0.1) is 0 Å². The number of ether oxygens (including phenoxy) is 2. The van der Waals surface area contributed by atoms with Gasteiger partial charge in [0.1, 0.15) is 0 Å². The van der Waals surface area contributed by atoms with Crippen LogP contribution >= 0.6 is 0 Å². The number of carboxylic acid groups (broad SMARTS) is 1. The molecule has 0 aromatic heterocycles. The maximum absolute atomic E-state index is 12.8. The van der Waals surface area contributed by atoms with Gasteiger partial charge in [-0.25, -0.2) is 4.79 Å². The predicted octanol–water partition coefficient (Wildman–Crippen LogP) is 1.00. The minimum atomic E-state index is -1.05. The Morgan fingerprint density at radius 2 is 2.05 bits per heavy atom. The summed E-state index contributed by atoms with van der Waals surface area (Å²) in [6, 6.07) is 7.73. The van der Waals surface area contributed by atoms with Crippen LogP contribution in [0.25, 0.3) is 0 Å². The number of nitrogens with zero attached hydrogens (tertiary/aromatic N) is 1. The molecule has 3 rings (SSSR count). The standard InChI is InChI=1S/C16H19NO5/c1-10-8-17(9-13(22-10)16(19)20)15(18)14-12-5-3-2-4-11(12)6-7-21-14/h2-5,10,13-14H,6-9H2,1H3,(H,19,20)/t10-,13?,14?/m1/s1. The Kier molecular flexibility index (Phi) is 4.13. The lowest BCUT2D eigenvalue weighted by Crippen LogP contribution is -2.53. The van der Waals surface area contributed by atoms with Gasteiger partial charge < -0.3 is 19.5 Å².